The van der Waals surface area contributed by atoms with Crippen LogP contribution >= 0.6 is 0 Å². The molecule has 1 aromatic heterocycles. The summed E-state index contributed by atoms with van der Waals surface area (Å²) >= 11 is 0. The van der Waals surface area contributed by atoms with Crippen molar-refractivity contribution in [2.75, 3.05) is 41.5 Å². The fourth-order valence-electron chi connectivity index (χ4n) is 4.35. The number of hydrazine groups is 1. The number of piperazine rings is 1. The van der Waals surface area contributed by atoms with Gasteiger partial charge >= 0.3 is 5.69 Å². The number of para-hydroxylation sites is 2. The standard InChI is InChI=1S/C27H27N7O2/c35-34(36)25-26(30-33(23-12-6-2-7-13-23)24-14-8-3-9-15-24)28-21-29-27(25)32-18-16-31(17-19-32)20-22-10-4-1-5-11-22/h1-15,21H,16-20H2,(H,28,29,30). The highest BCUT2D eigenvalue weighted by Gasteiger charge is 2.30. The summed E-state index contributed by atoms with van der Waals surface area (Å²) in [5.74, 6) is 0.474. The normalized spacial score (nSPS) is 13.8. The Labute approximate surface area is 209 Å². The summed E-state index contributed by atoms with van der Waals surface area (Å²) < 4.78 is 0. The van der Waals surface area contributed by atoms with Gasteiger partial charge in [-0.15, -0.1) is 0 Å². The van der Waals surface area contributed by atoms with Crippen LogP contribution in [0.3, 0.4) is 0 Å². The molecule has 0 spiro atoms. The highest BCUT2D eigenvalue weighted by Crippen LogP contribution is 2.35. The maximum Gasteiger partial charge on any atom is 0.355 e. The summed E-state index contributed by atoms with van der Waals surface area (Å²) in [4.78, 5) is 24.8. The second-order valence-electron chi connectivity index (χ2n) is 8.52. The fraction of sp³-hybridized carbons (Fsp3) is 0.185. The summed E-state index contributed by atoms with van der Waals surface area (Å²) in [6.45, 7) is 3.73. The molecular formula is C27H27N7O2. The van der Waals surface area contributed by atoms with Crippen LogP contribution in [0.2, 0.25) is 0 Å². The zero-order chi connectivity index (χ0) is 24.7. The Morgan fingerprint density at radius 1 is 0.806 bits per heavy atom. The average molecular weight is 482 g/mol. The molecule has 0 radical (unpaired) electrons. The van der Waals surface area contributed by atoms with Gasteiger partial charge in [0.1, 0.15) is 6.33 Å². The van der Waals surface area contributed by atoms with E-state index in [9.17, 15) is 10.1 Å². The number of nitrogens with zero attached hydrogens (tertiary/aromatic N) is 6. The van der Waals surface area contributed by atoms with Gasteiger partial charge in [0.05, 0.1) is 16.3 Å². The lowest BCUT2D eigenvalue weighted by molar-refractivity contribution is -0.383. The molecular weight excluding hydrogens is 454 g/mol. The van der Waals surface area contributed by atoms with Gasteiger partial charge in [-0.3, -0.25) is 25.4 Å². The largest absolute Gasteiger partial charge is 0.355 e. The molecule has 0 saturated carbocycles. The van der Waals surface area contributed by atoms with Crippen LogP contribution in [0.1, 0.15) is 5.56 Å². The topological polar surface area (TPSA) is 90.7 Å². The number of aromatic nitrogens is 2. The molecule has 0 aliphatic carbocycles. The Morgan fingerprint density at radius 3 is 1.92 bits per heavy atom. The van der Waals surface area contributed by atoms with Gasteiger partial charge in [-0.05, 0) is 29.8 Å². The molecule has 9 nitrogen and oxygen atoms in total. The Morgan fingerprint density at radius 2 is 1.36 bits per heavy atom. The molecule has 5 rings (SSSR count). The van der Waals surface area contributed by atoms with Crippen molar-refractivity contribution in [3.8, 4) is 0 Å². The molecule has 1 aliphatic rings. The van der Waals surface area contributed by atoms with Gasteiger partial charge < -0.3 is 4.90 Å². The van der Waals surface area contributed by atoms with Crippen molar-refractivity contribution in [3.63, 3.8) is 0 Å². The first-order valence-electron chi connectivity index (χ1n) is 11.9. The minimum atomic E-state index is -0.401. The van der Waals surface area contributed by atoms with Crippen LogP contribution in [0.25, 0.3) is 0 Å². The third kappa shape index (κ3) is 5.26. The lowest BCUT2D eigenvalue weighted by Crippen LogP contribution is -2.46. The van der Waals surface area contributed by atoms with Crippen LogP contribution in [0.15, 0.2) is 97.3 Å². The summed E-state index contributed by atoms with van der Waals surface area (Å²) in [6, 6.07) is 29.6. The SMILES string of the molecule is O=[N+]([O-])c1c(NN(c2ccccc2)c2ccccc2)ncnc1N1CCN(Cc2ccccc2)CC1. The van der Waals surface area contributed by atoms with Gasteiger partial charge in [-0.25, -0.2) is 9.97 Å². The van der Waals surface area contributed by atoms with Gasteiger partial charge in [-0.1, -0.05) is 66.7 Å². The van der Waals surface area contributed by atoms with Gasteiger partial charge in [0.15, 0.2) is 0 Å². The number of nitro groups is 1. The number of benzene rings is 3. The quantitative estimate of drug-likeness (QED) is 0.282. The predicted molar refractivity (Wildman–Crippen MR) is 141 cm³/mol. The molecule has 4 aromatic rings. The molecule has 1 N–H and O–H groups in total. The highest BCUT2D eigenvalue weighted by molar-refractivity contribution is 5.75. The lowest BCUT2D eigenvalue weighted by atomic mass is 10.2. The monoisotopic (exact) mass is 481 g/mol. The van der Waals surface area contributed by atoms with Gasteiger partial charge in [0.2, 0.25) is 11.6 Å². The summed E-state index contributed by atoms with van der Waals surface area (Å²) in [5, 5.41) is 14.1. The maximum absolute atomic E-state index is 12.3. The van der Waals surface area contributed by atoms with Crippen LogP contribution in [0.5, 0.6) is 0 Å². The van der Waals surface area contributed by atoms with E-state index >= 15 is 0 Å². The van der Waals surface area contributed by atoms with Crippen molar-refractivity contribution >= 4 is 28.7 Å². The zero-order valence-electron chi connectivity index (χ0n) is 19.8. The fourth-order valence-corrected chi connectivity index (χ4v) is 4.35. The number of rotatable bonds is 8. The van der Waals surface area contributed by atoms with Gasteiger partial charge in [0.25, 0.3) is 0 Å². The van der Waals surface area contributed by atoms with E-state index < -0.39 is 4.92 Å². The third-order valence-corrected chi connectivity index (χ3v) is 6.15. The molecule has 0 bridgehead atoms. The zero-order valence-corrected chi connectivity index (χ0v) is 19.8. The van der Waals surface area contributed by atoms with Crippen LogP contribution in [0.4, 0.5) is 28.7 Å². The van der Waals surface area contributed by atoms with Crippen LogP contribution in [-0.4, -0.2) is 46.0 Å². The van der Waals surface area contributed by atoms with Crippen molar-refractivity contribution in [2.45, 2.75) is 6.54 Å². The minimum Gasteiger partial charge on any atom is -0.348 e. The molecule has 0 atom stereocenters. The van der Waals surface area contributed by atoms with Gasteiger partial charge in [-0.2, -0.15) is 0 Å². The van der Waals surface area contributed by atoms with Crippen molar-refractivity contribution in [3.05, 3.63) is 113 Å². The smallest absolute Gasteiger partial charge is 0.348 e. The summed E-state index contributed by atoms with van der Waals surface area (Å²) in [6.07, 6.45) is 1.38. The van der Waals surface area contributed by atoms with E-state index in [0.29, 0.717) is 18.9 Å². The molecule has 182 valence electrons. The van der Waals surface area contributed by atoms with Crippen molar-refractivity contribution in [1.29, 1.82) is 0 Å². The summed E-state index contributed by atoms with van der Waals surface area (Å²) in [5.41, 5.74) is 5.96. The molecule has 9 heteroatoms. The van der Waals surface area contributed by atoms with Gasteiger partial charge in [0, 0.05) is 32.7 Å². The van der Waals surface area contributed by atoms with Crippen LogP contribution in [0, 0.1) is 10.1 Å². The molecule has 1 saturated heterocycles. The Kier molecular flexibility index (Phi) is 7.00. The first-order chi connectivity index (χ1) is 17.7. The van der Waals surface area contributed by atoms with Crippen molar-refractivity contribution in [1.82, 2.24) is 14.9 Å². The Bertz CT molecular complexity index is 1240. The minimum absolute atomic E-state index is 0.133. The lowest BCUT2D eigenvalue weighted by Gasteiger charge is -2.35. The molecule has 0 unspecified atom stereocenters. The van der Waals surface area contributed by atoms with E-state index in [0.717, 1.165) is 31.0 Å². The third-order valence-electron chi connectivity index (χ3n) is 6.15. The highest BCUT2D eigenvalue weighted by atomic mass is 16.6. The van der Waals surface area contributed by atoms with Crippen molar-refractivity contribution < 1.29 is 4.92 Å². The van der Waals surface area contributed by atoms with E-state index in [1.54, 1.807) is 5.01 Å². The average Bonchev–Trinajstić information content (AvgIpc) is 2.93. The number of anilines is 4. The van der Waals surface area contributed by atoms with Crippen molar-refractivity contribution in [2.24, 2.45) is 0 Å². The van der Waals surface area contributed by atoms with E-state index in [4.69, 9.17) is 0 Å². The number of hydrogen-bond acceptors (Lipinski definition) is 8. The van der Waals surface area contributed by atoms with E-state index in [1.165, 1.54) is 11.9 Å². The molecule has 3 aromatic carbocycles. The van der Waals surface area contributed by atoms with Crippen LogP contribution in [-0.2, 0) is 6.54 Å². The first-order valence-corrected chi connectivity index (χ1v) is 11.9. The maximum atomic E-state index is 12.3. The molecule has 2 heterocycles. The van der Waals surface area contributed by atoms with E-state index in [1.807, 2.05) is 83.8 Å². The molecule has 36 heavy (non-hydrogen) atoms. The number of hydrogen-bond donors (Lipinski definition) is 1. The second kappa shape index (κ2) is 10.8. The first kappa shape index (κ1) is 23.3. The Hall–Kier alpha value is -4.50. The number of nitrogens with one attached hydrogen (secondary N) is 1. The van der Waals surface area contributed by atoms with E-state index in [-0.39, 0.29) is 11.5 Å². The Balaban J connectivity index is 1.39. The second-order valence-corrected chi connectivity index (χ2v) is 8.52. The van der Waals surface area contributed by atoms with Crippen LogP contribution < -0.4 is 15.3 Å². The summed E-state index contributed by atoms with van der Waals surface area (Å²) in [7, 11) is 0. The molecule has 1 fully saturated rings. The molecule has 1 aliphatic heterocycles. The molecule has 0 amide bonds. The predicted octanol–water partition coefficient (Wildman–Crippen LogP) is 4.87. The van der Waals surface area contributed by atoms with E-state index in [2.05, 4.69) is 32.4 Å².